The van der Waals surface area contributed by atoms with Gasteiger partial charge in [0.2, 0.25) is 0 Å². The first-order valence-electron chi connectivity index (χ1n) is 4.64. The summed E-state index contributed by atoms with van der Waals surface area (Å²) in [6.45, 7) is 1.82. The SMILES string of the molecule is CCC(=O)c1ccc(N(C)CO)cc1. The molecule has 0 radical (unpaired) electrons. The molecule has 0 aliphatic heterocycles. The Balaban J connectivity index is 2.83. The van der Waals surface area contributed by atoms with Gasteiger partial charge in [0.05, 0.1) is 0 Å². The second kappa shape index (κ2) is 4.77. The normalized spacial score (nSPS) is 9.93. The first kappa shape index (κ1) is 10.7. The minimum absolute atomic E-state index is 0.0267. The fraction of sp³-hybridized carbons (Fsp3) is 0.364. The highest BCUT2D eigenvalue weighted by Gasteiger charge is 2.03. The van der Waals surface area contributed by atoms with Gasteiger partial charge in [-0.15, -0.1) is 0 Å². The lowest BCUT2D eigenvalue weighted by Crippen LogP contribution is -2.17. The Bertz CT molecular complexity index is 306. The van der Waals surface area contributed by atoms with Crippen LogP contribution in [0.25, 0.3) is 0 Å². The molecule has 14 heavy (non-hydrogen) atoms. The van der Waals surface area contributed by atoms with E-state index in [0.717, 1.165) is 11.3 Å². The van der Waals surface area contributed by atoms with E-state index < -0.39 is 0 Å². The van der Waals surface area contributed by atoms with Gasteiger partial charge in [-0.3, -0.25) is 4.79 Å². The molecule has 76 valence electrons. The Labute approximate surface area is 84.0 Å². The Kier molecular flexibility index (Phi) is 3.65. The molecule has 0 spiro atoms. The highest BCUT2D eigenvalue weighted by atomic mass is 16.3. The second-order valence-corrected chi connectivity index (χ2v) is 3.16. The standard InChI is InChI=1S/C11H15NO2/c1-3-11(14)9-4-6-10(7-5-9)12(2)8-13/h4-7,13H,3,8H2,1-2H3. The number of Topliss-reactive ketones (excluding diaryl/α,β-unsaturated/α-hetero) is 1. The van der Waals surface area contributed by atoms with Crippen molar-refractivity contribution in [3.05, 3.63) is 29.8 Å². The Morgan fingerprint density at radius 1 is 1.36 bits per heavy atom. The molecule has 1 rings (SSSR count). The molecule has 0 saturated heterocycles. The van der Waals surface area contributed by atoms with E-state index in [4.69, 9.17) is 5.11 Å². The van der Waals surface area contributed by atoms with Crippen molar-refractivity contribution < 1.29 is 9.90 Å². The van der Waals surface area contributed by atoms with Gasteiger partial charge in [0.15, 0.2) is 5.78 Å². The third-order valence-electron chi connectivity index (χ3n) is 2.16. The lowest BCUT2D eigenvalue weighted by atomic mass is 10.1. The molecule has 0 aliphatic rings. The highest BCUT2D eigenvalue weighted by molar-refractivity contribution is 5.96. The quantitative estimate of drug-likeness (QED) is 0.584. The van der Waals surface area contributed by atoms with Crippen molar-refractivity contribution in [2.24, 2.45) is 0 Å². The molecule has 1 aromatic carbocycles. The maximum absolute atomic E-state index is 11.3. The zero-order valence-electron chi connectivity index (χ0n) is 8.53. The lowest BCUT2D eigenvalue weighted by molar-refractivity contribution is 0.0988. The molecular weight excluding hydrogens is 178 g/mol. The Morgan fingerprint density at radius 3 is 2.36 bits per heavy atom. The topological polar surface area (TPSA) is 40.5 Å². The van der Waals surface area contributed by atoms with Crippen LogP contribution in [0.2, 0.25) is 0 Å². The van der Waals surface area contributed by atoms with Gasteiger partial charge in [0.1, 0.15) is 6.73 Å². The third-order valence-corrected chi connectivity index (χ3v) is 2.16. The number of hydrogen-bond acceptors (Lipinski definition) is 3. The molecule has 0 aliphatic carbocycles. The van der Waals surface area contributed by atoms with Crippen molar-refractivity contribution in [2.45, 2.75) is 13.3 Å². The summed E-state index contributed by atoms with van der Waals surface area (Å²) < 4.78 is 0. The number of benzene rings is 1. The van der Waals surface area contributed by atoms with Gasteiger partial charge in [-0.2, -0.15) is 0 Å². The summed E-state index contributed by atoms with van der Waals surface area (Å²) in [5, 5.41) is 8.87. The maximum Gasteiger partial charge on any atom is 0.162 e. The number of anilines is 1. The van der Waals surface area contributed by atoms with Crippen molar-refractivity contribution >= 4 is 11.5 Å². The average molecular weight is 193 g/mol. The second-order valence-electron chi connectivity index (χ2n) is 3.16. The van der Waals surface area contributed by atoms with Gasteiger partial charge in [0, 0.05) is 24.7 Å². The van der Waals surface area contributed by atoms with E-state index in [1.807, 2.05) is 19.1 Å². The van der Waals surface area contributed by atoms with Crippen LogP contribution < -0.4 is 4.90 Å². The predicted molar refractivity (Wildman–Crippen MR) is 56.6 cm³/mol. The molecule has 0 saturated carbocycles. The van der Waals surface area contributed by atoms with Crippen LogP contribution in [0.1, 0.15) is 23.7 Å². The molecule has 0 heterocycles. The van der Waals surface area contributed by atoms with E-state index in [2.05, 4.69) is 0 Å². The van der Waals surface area contributed by atoms with Crippen molar-refractivity contribution in [2.75, 3.05) is 18.7 Å². The third kappa shape index (κ3) is 2.33. The summed E-state index contributed by atoms with van der Waals surface area (Å²) in [6.07, 6.45) is 0.523. The zero-order valence-corrected chi connectivity index (χ0v) is 8.53. The number of carbonyl (C=O) groups is 1. The molecule has 1 N–H and O–H groups in total. The fourth-order valence-corrected chi connectivity index (χ4v) is 1.19. The Morgan fingerprint density at radius 2 is 1.93 bits per heavy atom. The van der Waals surface area contributed by atoms with E-state index in [0.29, 0.717) is 6.42 Å². The van der Waals surface area contributed by atoms with Crippen LogP contribution in [0.4, 0.5) is 5.69 Å². The first-order valence-corrected chi connectivity index (χ1v) is 4.64. The van der Waals surface area contributed by atoms with Crippen LogP contribution in [0.3, 0.4) is 0 Å². The fourth-order valence-electron chi connectivity index (χ4n) is 1.19. The van der Waals surface area contributed by atoms with Gasteiger partial charge in [-0.25, -0.2) is 0 Å². The van der Waals surface area contributed by atoms with Crippen molar-refractivity contribution in [1.82, 2.24) is 0 Å². The molecule has 3 nitrogen and oxygen atoms in total. The van der Waals surface area contributed by atoms with Crippen molar-refractivity contribution in [1.29, 1.82) is 0 Å². The number of aliphatic hydroxyl groups is 1. The van der Waals surface area contributed by atoms with Crippen molar-refractivity contribution in [3.63, 3.8) is 0 Å². The molecule has 0 aromatic heterocycles. The lowest BCUT2D eigenvalue weighted by Gasteiger charge is -2.15. The number of rotatable bonds is 4. The minimum atomic E-state index is -0.0267. The first-order chi connectivity index (χ1) is 6.69. The van der Waals surface area contributed by atoms with E-state index in [9.17, 15) is 4.79 Å². The van der Waals surface area contributed by atoms with Gasteiger partial charge in [-0.1, -0.05) is 6.92 Å². The average Bonchev–Trinajstić information content (AvgIpc) is 2.27. The van der Waals surface area contributed by atoms with Crippen LogP contribution in [0.15, 0.2) is 24.3 Å². The number of ketones is 1. The molecule has 0 amide bonds. The highest BCUT2D eigenvalue weighted by Crippen LogP contribution is 2.13. The summed E-state index contributed by atoms with van der Waals surface area (Å²) >= 11 is 0. The molecule has 3 heteroatoms. The predicted octanol–water partition coefficient (Wildman–Crippen LogP) is 1.67. The zero-order chi connectivity index (χ0) is 10.6. The van der Waals surface area contributed by atoms with Gasteiger partial charge in [0.25, 0.3) is 0 Å². The maximum atomic E-state index is 11.3. The van der Waals surface area contributed by atoms with E-state index in [-0.39, 0.29) is 12.5 Å². The summed E-state index contributed by atoms with van der Waals surface area (Å²) in [7, 11) is 1.79. The molecule has 0 bridgehead atoms. The van der Waals surface area contributed by atoms with Crippen LogP contribution in [-0.4, -0.2) is 24.7 Å². The number of nitrogens with zero attached hydrogens (tertiary/aromatic N) is 1. The largest absolute Gasteiger partial charge is 0.376 e. The molecule has 0 atom stereocenters. The van der Waals surface area contributed by atoms with Crippen molar-refractivity contribution in [3.8, 4) is 0 Å². The van der Waals surface area contributed by atoms with Crippen LogP contribution >= 0.6 is 0 Å². The smallest absolute Gasteiger partial charge is 0.162 e. The minimum Gasteiger partial charge on any atom is -0.376 e. The number of hydrogen-bond donors (Lipinski definition) is 1. The van der Waals surface area contributed by atoms with Crippen LogP contribution in [0.5, 0.6) is 0 Å². The monoisotopic (exact) mass is 193 g/mol. The van der Waals surface area contributed by atoms with E-state index in [1.165, 1.54) is 0 Å². The number of carbonyl (C=O) groups excluding carboxylic acids is 1. The van der Waals surface area contributed by atoms with E-state index >= 15 is 0 Å². The Hall–Kier alpha value is -1.35. The molecular formula is C11H15NO2. The van der Waals surface area contributed by atoms with E-state index in [1.54, 1.807) is 24.1 Å². The summed E-state index contributed by atoms with van der Waals surface area (Å²) in [5.74, 6) is 0.142. The number of aliphatic hydroxyl groups excluding tert-OH is 1. The van der Waals surface area contributed by atoms with Crippen LogP contribution in [-0.2, 0) is 0 Å². The van der Waals surface area contributed by atoms with Gasteiger partial charge in [-0.05, 0) is 24.3 Å². The van der Waals surface area contributed by atoms with Gasteiger partial charge < -0.3 is 10.0 Å². The molecule has 0 fully saturated rings. The summed E-state index contributed by atoms with van der Waals surface area (Å²) in [5.41, 5.74) is 1.63. The molecule has 0 unspecified atom stereocenters. The van der Waals surface area contributed by atoms with Crippen LogP contribution in [0, 0.1) is 0 Å². The van der Waals surface area contributed by atoms with Gasteiger partial charge >= 0.3 is 0 Å². The summed E-state index contributed by atoms with van der Waals surface area (Å²) in [4.78, 5) is 13.0. The molecule has 1 aromatic rings. The summed E-state index contributed by atoms with van der Waals surface area (Å²) in [6, 6.07) is 7.24.